The van der Waals surface area contributed by atoms with E-state index in [1.165, 1.54) is 0 Å². The molecule has 152 valence electrons. The second-order valence-electron chi connectivity index (χ2n) is 6.18. The van der Waals surface area contributed by atoms with Crippen LogP contribution >= 0.6 is 7.60 Å². The maximum absolute atomic E-state index is 12.5. The minimum absolute atomic E-state index is 0.0545. The molecule has 0 aliphatic heterocycles. The smallest absolute Gasteiger partial charge is 0.356 e. The summed E-state index contributed by atoms with van der Waals surface area (Å²) in [7, 11) is -3.32. The van der Waals surface area contributed by atoms with E-state index in [0.717, 1.165) is 0 Å². The van der Waals surface area contributed by atoms with Gasteiger partial charge in [-0.15, -0.1) is 0 Å². The molecule has 0 spiro atoms. The first kappa shape index (κ1) is 23.5. The van der Waals surface area contributed by atoms with Crippen molar-refractivity contribution in [2.24, 2.45) is 0 Å². The third kappa shape index (κ3) is 11.1. The average Bonchev–Trinajstić information content (AvgIpc) is 2.59. The highest BCUT2D eigenvalue weighted by Gasteiger charge is 2.28. The molecule has 0 fully saturated rings. The van der Waals surface area contributed by atoms with Crippen LogP contribution in [0.25, 0.3) is 0 Å². The monoisotopic (exact) mass is 400 g/mol. The molecule has 0 N–H and O–H groups in total. The van der Waals surface area contributed by atoms with Crippen LogP contribution in [0.2, 0.25) is 0 Å². The summed E-state index contributed by atoms with van der Waals surface area (Å²) in [4.78, 5) is 11.7. The number of rotatable bonds is 13. The maximum atomic E-state index is 12.5. The molecular weight excluding hydrogens is 371 g/mol. The van der Waals surface area contributed by atoms with E-state index in [2.05, 4.69) is 0 Å². The lowest BCUT2D eigenvalue weighted by atomic mass is 10.2. The Morgan fingerprint density at radius 1 is 0.963 bits per heavy atom. The molecule has 0 aliphatic carbocycles. The summed E-state index contributed by atoms with van der Waals surface area (Å²) in [5, 5.41) is 0. The Balaban J connectivity index is 2.17. The highest BCUT2D eigenvalue weighted by molar-refractivity contribution is 7.53. The summed E-state index contributed by atoms with van der Waals surface area (Å²) in [6.07, 6.45) is 2.73. The van der Waals surface area contributed by atoms with Crippen molar-refractivity contribution >= 4 is 13.6 Å². The van der Waals surface area contributed by atoms with E-state index in [9.17, 15) is 9.36 Å². The van der Waals surface area contributed by atoms with Gasteiger partial charge in [0.15, 0.2) is 6.35 Å². The zero-order chi connectivity index (χ0) is 20.1. The molecule has 27 heavy (non-hydrogen) atoms. The van der Waals surface area contributed by atoms with Crippen molar-refractivity contribution in [1.82, 2.24) is 0 Å². The van der Waals surface area contributed by atoms with Crippen molar-refractivity contribution in [3.05, 3.63) is 48.0 Å². The van der Waals surface area contributed by atoms with Gasteiger partial charge in [-0.1, -0.05) is 24.3 Å². The quantitative estimate of drug-likeness (QED) is 0.160. The van der Waals surface area contributed by atoms with E-state index in [1.807, 2.05) is 6.07 Å². The van der Waals surface area contributed by atoms with Gasteiger partial charge in [-0.3, -0.25) is 4.57 Å². The molecule has 0 unspecified atom stereocenters. The van der Waals surface area contributed by atoms with Crippen LogP contribution in [0.4, 0.5) is 0 Å². The molecule has 0 heterocycles. The summed E-state index contributed by atoms with van der Waals surface area (Å²) in [5.74, 6) is -0.379. The lowest BCUT2D eigenvalue weighted by Gasteiger charge is -2.22. The second-order valence-corrected chi connectivity index (χ2v) is 8.08. The van der Waals surface area contributed by atoms with E-state index >= 15 is 0 Å². The van der Waals surface area contributed by atoms with Gasteiger partial charge in [-0.05, 0) is 45.9 Å². The standard InChI is InChI=1S/C19H29O7P/c1-16(2)25-27(21,26-17(3)4)15-23-14-22-12-8-9-13-24-19(20)18-10-6-5-7-11-18/h5-11,16-17H,12-15H2,1-4H3/b9-8-. The van der Waals surface area contributed by atoms with Crippen LogP contribution in [-0.2, 0) is 27.8 Å². The van der Waals surface area contributed by atoms with Gasteiger partial charge >= 0.3 is 13.6 Å². The predicted molar refractivity (Wildman–Crippen MR) is 103 cm³/mol. The molecule has 1 aromatic carbocycles. The van der Waals surface area contributed by atoms with Crippen molar-refractivity contribution in [3.8, 4) is 0 Å². The second kappa shape index (κ2) is 12.8. The fraction of sp³-hybridized carbons (Fsp3) is 0.526. The zero-order valence-electron chi connectivity index (χ0n) is 16.3. The van der Waals surface area contributed by atoms with Gasteiger partial charge in [0.2, 0.25) is 0 Å². The van der Waals surface area contributed by atoms with Gasteiger partial charge in [-0.25, -0.2) is 4.79 Å². The zero-order valence-corrected chi connectivity index (χ0v) is 17.2. The molecule has 0 bridgehead atoms. The Morgan fingerprint density at radius 3 is 2.15 bits per heavy atom. The predicted octanol–water partition coefficient (Wildman–Crippen LogP) is 4.39. The first-order chi connectivity index (χ1) is 12.8. The van der Waals surface area contributed by atoms with Crippen molar-refractivity contribution in [1.29, 1.82) is 0 Å². The highest BCUT2D eigenvalue weighted by atomic mass is 31.2. The van der Waals surface area contributed by atoms with Crippen LogP contribution in [0.5, 0.6) is 0 Å². The molecule has 0 atom stereocenters. The van der Waals surface area contributed by atoms with Gasteiger partial charge in [0.05, 0.1) is 24.4 Å². The first-order valence-corrected chi connectivity index (χ1v) is 10.5. The topological polar surface area (TPSA) is 80.3 Å². The number of carbonyl (C=O) groups excluding carboxylic acids is 1. The molecule has 0 saturated heterocycles. The number of carbonyl (C=O) groups is 1. The Morgan fingerprint density at radius 2 is 1.56 bits per heavy atom. The molecule has 0 saturated carbocycles. The summed E-state index contributed by atoms with van der Waals surface area (Å²) >= 11 is 0. The highest BCUT2D eigenvalue weighted by Crippen LogP contribution is 2.50. The average molecular weight is 400 g/mol. The van der Waals surface area contributed by atoms with Gasteiger partial charge in [0.1, 0.15) is 13.4 Å². The summed E-state index contributed by atoms with van der Waals surface area (Å²) in [6, 6.07) is 8.77. The maximum Gasteiger partial charge on any atom is 0.356 e. The minimum Gasteiger partial charge on any atom is -0.458 e. The molecule has 7 nitrogen and oxygen atoms in total. The molecule has 1 aromatic rings. The molecule has 1 rings (SSSR count). The number of ether oxygens (including phenoxy) is 3. The molecule has 0 amide bonds. The molecular formula is C19H29O7P. The van der Waals surface area contributed by atoms with Crippen LogP contribution in [-0.4, -0.2) is 44.5 Å². The fourth-order valence-electron chi connectivity index (χ4n) is 1.97. The van der Waals surface area contributed by atoms with Gasteiger partial charge in [0.25, 0.3) is 0 Å². The molecule has 8 heteroatoms. The Hall–Kier alpha value is -1.50. The fourth-order valence-corrected chi connectivity index (χ4v) is 3.72. The largest absolute Gasteiger partial charge is 0.458 e. The number of esters is 1. The van der Waals surface area contributed by atoms with Crippen LogP contribution < -0.4 is 0 Å². The first-order valence-electron chi connectivity index (χ1n) is 8.81. The third-order valence-corrected chi connectivity index (χ3v) is 4.84. The van der Waals surface area contributed by atoms with Crippen LogP contribution in [0, 0.1) is 0 Å². The normalized spacial score (nSPS) is 12.2. The molecule has 0 radical (unpaired) electrons. The summed E-state index contributed by atoms with van der Waals surface area (Å²) in [6.45, 7) is 7.48. The molecule has 0 aliphatic rings. The van der Waals surface area contributed by atoms with Crippen molar-refractivity contribution in [3.63, 3.8) is 0 Å². The van der Waals surface area contributed by atoms with E-state index in [0.29, 0.717) is 5.56 Å². The SMILES string of the molecule is CC(C)OP(=O)(COCOC/C=C\COC(=O)c1ccccc1)OC(C)C. The molecule has 0 aromatic heterocycles. The lowest BCUT2D eigenvalue weighted by Crippen LogP contribution is -2.12. The van der Waals surface area contributed by atoms with E-state index < -0.39 is 7.60 Å². The Bertz CT molecular complexity index is 600. The van der Waals surface area contributed by atoms with E-state index in [4.69, 9.17) is 23.3 Å². The van der Waals surface area contributed by atoms with Gasteiger partial charge < -0.3 is 23.3 Å². The van der Waals surface area contributed by atoms with E-state index in [-0.39, 0.29) is 44.5 Å². The number of benzene rings is 1. The summed E-state index contributed by atoms with van der Waals surface area (Å²) in [5.41, 5.74) is 0.507. The van der Waals surface area contributed by atoms with Crippen molar-refractivity contribution in [2.45, 2.75) is 39.9 Å². The van der Waals surface area contributed by atoms with Crippen LogP contribution in [0.15, 0.2) is 42.5 Å². The number of hydrogen-bond acceptors (Lipinski definition) is 7. The lowest BCUT2D eigenvalue weighted by molar-refractivity contribution is -0.0355. The Kier molecular flexibility index (Phi) is 11.2. The van der Waals surface area contributed by atoms with Crippen LogP contribution in [0.1, 0.15) is 38.1 Å². The number of hydrogen-bond donors (Lipinski definition) is 0. The summed E-state index contributed by atoms with van der Waals surface area (Å²) < 4.78 is 38.8. The van der Waals surface area contributed by atoms with E-state index in [1.54, 1.807) is 64.1 Å². The van der Waals surface area contributed by atoms with Gasteiger partial charge in [-0.2, -0.15) is 0 Å². The van der Waals surface area contributed by atoms with Crippen molar-refractivity contribution in [2.75, 3.05) is 26.4 Å². The van der Waals surface area contributed by atoms with Crippen LogP contribution in [0.3, 0.4) is 0 Å². The minimum atomic E-state index is -3.32. The van der Waals surface area contributed by atoms with Crippen molar-refractivity contribution < 1.29 is 32.6 Å². The van der Waals surface area contributed by atoms with Gasteiger partial charge in [0, 0.05) is 0 Å². The Labute approximate surface area is 161 Å². The third-order valence-electron chi connectivity index (χ3n) is 2.86.